The van der Waals surface area contributed by atoms with Crippen LogP contribution in [0.5, 0.6) is 0 Å². The second kappa shape index (κ2) is 8.39. The van der Waals surface area contributed by atoms with Gasteiger partial charge in [-0.05, 0) is 31.2 Å². The van der Waals surface area contributed by atoms with Crippen LogP contribution in [0.15, 0.2) is 40.6 Å². The summed E-state index contributed by atoms with van der Waals surface area (Å²) in [7, 11) is -3.48. The van der Waals surface area contributed by atoms with Crippen molar-refractivity contribution in [2.75, 3.05) is 38.0 Å². The summed E-state index contributed by atoms with van der Waals surface area (Å²) in [5.74, 6) is -0.891. The highest BCUT2D eigenvalue weighted by Crippen LogP contribution is 2.25. The van der Waals surface area contributed by atoms with Gasteiger partial charge in [0, 0.05) is 31.1 Å². The highest BCUT2D eigenvalue weighted by molar-refractivity contribution is 7.91. The van der Waals surface area contributed by atoms with Crippen molar-refractivity contribution < 1.29 is 18.0 Å². The lowest BCUT2D eigenvalue weighted by atomic mass is 10.1. The van der Waals surface area contributed by atoms with Gasteiger partial charge in [0.2, 0.25) is 5.91 Å². The van der Waals surface area contributed by atoms with E-state index in [0.29, 0.717) is 36.1 Å². The summed E-state index contributed by atoms with van der Waals surface area (Å²) in [6, 6.07) is 9.97. The number of hydrogen-bond acceptors (Lipinski definition) is 6. The second-order valence-corrected chi connectivity index (χ2v) is 9.96. The number of aryl methyl sites for hydroxylation is 1. The van der Waals surface area contributed by atoms with Gasteiger partial charge >= 0.3 is 0 Å². The number of para-hydroxylation sites is 1. The number of nitrogens with one attached hydrogen (secondary N) is 1. The fourth-order valence-corrected chi connectivity index (χ4v) is 5.87. The van der Waals surface area contributed by atoms with Crippen molar-refractivity contribution in [3.05, 3.63) is 46.8 Å². The summed E-state index contributed by atoms with van der Waals surface area (Å²) >= 11 is 1.26. The Morgan fingerprint density at radius 1 is 1.11 bits per heavy atom. The lowest BCUT2D eigenvalue weighted by Crippen LogP contribution is -2.50. The Morgan fingerprint density at radius 2 is 1.79 bits per heavy atom. The number of piperazine rings is 1. The molecule has 3 rings (SSSR count). The van der Waals surface area contributed by atoms with Crippen LogP contribution in [0.1, 0.15) is 15.2 Å². The molecule has 0 atom stereocenters. The van der Waals surface area contributed by atoms with Crippen molar-refractivity contribution in [3.63, 3.8) is 0 Å². The molecule has 2 amide bonds. The van der Waals surface area contributed by atoms with Crippen molar-refractivity contribution >= 4 is 38.9 Å². The fourth-order valence-electron chi connectivity index (χ4n) is 3.01. The van der Waals surface area contributed by atoms with Crippen molar-refractivity contribution in [1.82, 2.24) is 9.21 Å². The summed E-state index contributed by atoms with van der Waals surface area (Å²) in [5, 5.41) is 2.70. The van der Waals surface area contributed by atoms with E-state index < -0.39 is 15.9 Å². The molecule has 0 radical (unpaired) electrons. The Morgan fingerprint density at radius 3 is 2.39 bits per heavy atom. The van der Waals surface area contributed by atoms with E-state index in [-0.39, 0.29) is 18.0 Å². The second-order valence-electron chi connectivity index (χ2n) is 6.50. The van der Waals surface area contributed by atoms with E-state index >= 15 is 0 Å². The van der Waals surface area contributed by atoms with Gasteiger partial charge in [-0.25, -0.2) is 8.42 Å². The van der Waals surface area contributed by atoms with Gasteiger partial charge in [-0.15, -0.1) is 11.3 Å². The number of primary amides is 1. The molecule has 10 heteroatoms. The van der Waals surface area contributed by atoms with E-state index in [9.17, 15) is 18.0 Å². The molecule has 0 unspecified atom stereocenters. The Hall–Kier alpha value is -2.27. The number of benzene rings is 1. The highest BCUT2D eigenvalue weighted by atomic mass is 32.2. The van der Waals surface area contributed by atoms with E-state index in [1.165, 1.54) is 15.6 Å². The van der Waals surface area contributed by atoms with Crippen LogP contribution >= 0.6 is 11.3 Å². The standard InChI is InChI=1S/C18H22N4O4S2/c1-13-6-7-17(27-13)28(25,26)22-10-8-21(9-11-22)12-16(23)20-15-5-3-2-4-14(15)18(19)24/h2-7H,8-12H2,1H3,(H2,19,24)(H,20,23). The minimum absolute atomic E-state index is 0.110. The number of nitrogens with two attached hydrogens (primary N) is 1. The van der Waals surface area contributed by atoms with Crippen LogP contribution in [0.4, 0.5) is 5.69 Å². The van der Waals surface area contributed by atoms with Crippen LogP contribution in [0.3, 0.4) is 0 Å². The monoisotopic (exact) mass is 422 g/mol. The summed E-state index contributed by atoms with van der Waals surface area (Å²) in [6.45, 7) is 3.54. The lowest BCUT2D eigenvalue weighted by molar-refractivity contribution is -0.117. The lowest BCUT2D eigenvalue weighted by Gasteiger charge is -2.33. The van der Waals surface area contributed by atoms with E-state index in [4.69, 9.17) is 5.73 Å². The predicted octanol–water partition coefficient (Wildman–Crippen LogP) is 1.10. The molecule has 28 heavy (non-hydrogen) atoms. The molecule has 2 aromatic rings. The van der Waals surface area contributed by atoms with Crippen LogP contribution < -0.4 is 11.1 Å². The molecule has 150 valence electrons. The molecule has 8 nitrogen and oxygen atoms in total. The molecule has 1 fully saturated rings. The maximum Gasteiger partial charge on any atom is 0.252 e. The summed E-state index contributed by atoms with van der Waals surface area (Å²) in [5.41, 5.74) is 5.94. The van der Waals surface area contributed by atoms with Gasteiger partial charge in [0.1, 0.15) is 4.21 Å². The number of anilines is 1. The van der Waals surface area contributed by atoms with Gasteiger partial charge < -0.3 is 11.1 Å². The Bertz CT molecular complexity index is 979. The number of amides is 2. The van der Waals surface area contributed by atoms with Crippen molar-refractivity contribution in [1.29, 1.82) is 0 Å². The number of carbonyl (C=O) groups excluding carboxylic acids is 2. The fraction of sp³-hybridized carbons (Fsp3) is 0.333. The number of thiophene rings is 1. The number of nitrogens with zero attached hydrogens (tertiary/aromatic N) is 2. The van der Waals surface area contributed by atoms with E-state index in [1.807, 2.05) is 11.8 Å². The first-order valence-corrected chi connectivity index (χ1v) is 11.0. The topological polar surface area (TPSA) is 113 Å². The third-order valence-corrected chi connectivity index (χ3v) is 7.84. The van der Waals surface area contributed by atoms with Crippen molar-refractivity contribution in [2.45, 2.75) is 11.1 Å². The third kappa shape index (κ3) is 4.58. The average molecular weight is 423 g/mol. The Kier molecular flexibility index (Phi) is 6.14. The molecule has 0 saturated carbocycles. The van der Waals surface area contributed by atoms with Crippen LogP contribution in [0.2, 0.25) is 0 Å². The molecular formula is C18H22N4O4S2. The Labute approximate surface area is 168 Å². The summed E-state index contributed by atoms with van der Waals surface area (Å²) in [6.07, 6.45) is 0. The smallest absolute Gasteiger partial charge is 0.252 e. The van der Waals surface area contributed by atoms with Gasteiger partial charge in [-0.3, -0.25) is 14.5 Å². The molecule has 1 aliphatic heterocycles. The first kappa shape index (κ1) is 20.5. The van der Waals surface area contributed by atoms with E-state index in [1.54, 1.807) is 36.4 Å². The van der Waals surface area contributed by atoms with Gasteiger partial charge in [0.15, 0.2) is 0 Å². The van der Waals surface area contributed by atoms with Gasteiger partial charge in [0.25, 0.3) is 15.9 Å². The van der Waals surface area contributed by atoms with Crippen LogP contribution in [0, 0.1) is 6.92 Å². The largest absolute Gasteiger partial charge is 0.366 e. The molecule has 0 spiro atoms. The third-order valence-electron chi connectivity index (χ3n) is 4.47. The minimum atomic E-state index is -3.48. The zero-order chi connectivity index (χ0) is 20.3. The molecule has 3 N–H and O–H groups in total. The van der Waals surface area contributed by atoms with Crippen molar-refractivity contribution in [3.8, 4) is 0 Å². The molecule has 1 saturated heterocycles. The van der Waals surface area contributed by atoms with Crippen LogP contribution in [0.25, 0.3) is 0 Å². The highest BCUT2D eigenvalue weighted by Gasteiger charge is 2.30. The average Bonchev–Trinajstić information content (AvgIpc) is 3.09. The number of sulfonamides is 1. The molecule has 1 aromatic carbocycles. The zero-order valence-corrected chi connectivity index (χ0v) is 17.1. The quantitative estimate of drug-likeness (QED) is 0.724. The molecule has 2 heterocycles. The molecule has 0 bridgehead atoms. The van der Waals surface area contributed by atoms with Gasteiger partial charge in [-0.2, -0.15) is 4.31 Å². The maximum absolute atomic E-state index is 12.7. The summed E-state index contributed by atoms with van der Waals surface area (Å²) < 4.78 is 27.1. The minimum Gasteiger partial charge on any atom is -0.366 e. The van der Waals surface area contributed by atoms with E-state index in [0.717, 1.165) is 4.88 Å². The van der Waals surface area contributed by atoms with Gasteiger partial charge in [0.05, 0.1) is 17.8 Å². The van der Waals surface area contributed by atoms with Crippen molar-refractivity contribution in [2.24, 2.45) is 5.73 Å². The SMILES string of the molecule is Cc1ccc(S(=O)(=O)N2CCN(CC(=O)Nc3ccccc3C(N)=O)CC2)s1. The first-order valence-electron chi connectivity index (χ1n) is 8.75. The van der Waals surface area contributed by atoms with Crippen LogP contribution in [-0.2, 0) is 14.8 Å². The molecule has 1 aliphatic rings. The van der Waals surface area contributed by atoms with Gasteiger partial charge in [-0.1, -0.05) is 12.1 Å². The maximum atomic E-state index is 12.7. The van der Waals surface area contributed by atoms with E-state index in [2.05, 4.69) is 5.32 Å². The van der Waals surface area contributed by atoms with Crippen LogP contribution in [-0.4, -0.2) is 62.2 Å². The molecular weight excluding hydrogens is 400 g/mol. The number of carbonyl (C=O) groups is 2. The summed E-state index contributed by atoms with van der Waals surface area (Å²) in [4.78, 5) is 26.6. The number of hydrogen-bond donors (Lipinski definition) is 2. The normalized spacial score (nSPS) is 16.0. The molecule has 0 aliphatic carbocycles. The number of rotatable bonds is 6. The Balaban J connectivity index is 1.56. The predicted molar refractivity (Wildman–Crippen MR) is 108 cm³/mol. The zero-order valence-electron chi connectivity index (χ0n) is 15.4. The first-order chi connectivity index (χ1) is 13.3. The molecule has 1 aromatic heterocycles.